The van der Waals surface area contributed by atoms with E-state index < -0.39 is 5.97 Å². The number of aldehydes is 1. The third kappa shape index (κ3) is 3.03. The molecule has 0 amide bonds. The third-order valence-corrected chi connectivity index (χ3v) is 3.45. The summed E-state index contributed by atoms with van der Waals surface area (Å²) in [5, 5.41) is 4.01. The maximum Gasteiger partial charge on any atom is 0.337 e. The summed E-state index contributed by atoms with van der Waals surface area (Å²) < 4.78 is 4.66. The number of nitrogens with one attached hydrogen (secondary N) is 1. The molecule has 0 aliphatic carbocycles. The van der Waals surface area contributed by atoms with E-state index in [1.54, 1.807) is 30.3 Å². The number of aromatic nitrogens is 1. The van der Waals surface area contributed by atoms with Crippen molar-refractivity contribution in [3.8, 4) is 0 Å². The van der Waals surface area contributed by atoms with E-state index in [0.29, 0.717) is 16.9 Å². The average Bonchev–Trinajstić information content (AvgIpc) is 2.61. The summed E-state index contributed by atoms with van der Waals surface area (Å²) in [7, 11) is 1.34. The van der Waals surface area contributed by atoms with E-state index in [4.69, 9.17) is 0 Å². The minimum atomic E-state index is -0.394. The number of hydrogen-bond acceptors (Lipinski definition) is 5. The third-order valence-electron chi connectivity index (χ3n) is 3.45. The molecule has 23 heavy (non-hydrogen) atoms. The predicted octanol–water partition coefficient (Wildman–Crippen LogP) is 3.58. The lowest BCUT2D eigenvalue weighted by Crippen LogP contribution is -2.02. The topological polar surface area (TPSA) is 68.3 Å². The van der Waals surface area contributed by atoms with Crippen LogP contribution in [0, 0.1) is 0 Å². The molecule has 0 unspecified atom stereocenters. The normalized spacial score (nSPS) is 10.3. The molecule has 1 N–H and O–H groups in total. The van der Waals surface area contributed by atoms with Crippen molar-refractivity contribution < 1.29 is 14.3 Å². The minimum absolute atomic E-state index is 0.394. The zero-order valence-corrected chi connectivity index (χ0v) is 12.4. The second-order valence-corrected chi connectivity index (χ2v) is 4.93. The number of hydrogen-bond donors (Lipinski definition) is 1. The molecule has 3 rings (SSSR count). The molecule has 0 spiro atoms. The van der Waals surface area contributed by atoms with Gasteiger partial charge in [-0.2, -0.15) is 0 Å². The van der Waals surface area contributed by atoms with E-state index in [-0.39, 0.29) is 0 Å². The number of rotatable bonds is 4. The second kappa shape index (κ2) is 6.27. The van der Waals surface area contributed by atoms with Crippen molar-refractivity contribution in [2.75, 3.05) is 12.4 Å². The molecule has 3 aromatic rings. The van der Waals surface area contributed by atoms with Gasteiger partial charge in [-0.25, -0.2) is 9.78 Å². The minimum Gasteiger partial charge on any atom is -0.465 e. The van der Waals surface area contributed by atoms with Gasteiger partial charge in [-0.3, -0.25) is 4.79 Å². The van der Waals surface area contributed by atoms with E-state index in [0.717, 1.165) is 22.9 Å². The van der Waals surface area contributed by atoms with E-state index >= 15 is 0 Å². The molecule has 0 saturated carbocycles. The molecular formula is C18H14N2O3. The molecule has 0 atom stereocenters. The number of carbonyl (C=O) groups is 2. The van der Waals surface area contributed by atoms with Gasteiger partial charge in [0, 0.05) is 11.1 Å². The fourth-order valence-corrected chi connectivity index (χ4v) is 2.27. The molecule has 0 aliphatic rings. The van der Waals surface area contributed by atoms with Gasteiger partial charge in [0.25, 0.3) is 0 Å². The van der Waals surface area contributed by atoms with Crippen LogP contribution in [-0.2, 0) is 4.74 Å². The zero-order chi connectivity index (χ0) is 16.2. The van der Waals surface area contributed by atoms with E-state index in [1.165, 1.54) is 7.11 Å². The van der Waals surface area contributed by atoms with E-state index in [2.05, 4.69) is 15.0 Å². The lowest BCUT2D eigenvalue weighted by Gasteiger charge is -2.10. The van der Waals surface area contributed by atoms with Crippen LogP contribution >= 0.6 is 0 Å². The first-order valence-electron chi connectivity index (χ1n) is 7.01. The highest BCUT2D eigenvalue weighted by Crippen LogP contribution is 2.23. The summed E-state index contributed by atoms with van der Waals surface area (Å²) in [5.74, 6) is 0.0819. The number of pyridine rings is 1. The first kappa shape index (κ1) is 14.7. The van der Waals surface area contributed by atoms with Crippen molar-refractivity contribution in [3.63, 3.8) is 0 Å². The Morgan fingerprint density at radius 3 is 2.57 bits per heavy atom. The number of anilines is 2. The maximum absolute atomic E-state index is 11.4. The number of fused-ring (bicyclic) bond motifs is 1. The van der Waals surface area contributed by atoms with Crippen molar-refractivity contribution >= 4 is 34.7 Å². The van der Waals surface area contributed by atoms with E-state index in [1.807, 2.05) is 24.3 Å². The van der Waals surface area contributed by atoms with Gasteiger partial charge in [0.15, 0.2) is 6.29 Å². The lowest BCUT2D eigenvalue weighted by molar-refractivity contribution is 0.0600. The van der Waals surface area contributed by atoms with Gasteiger partial charge in [-0.15, -0.1) is 0 Å². The van der Waals surface area contributed by atoms with Crippen molar-refractivity contribution in [2.45, 2.75) is 0 Å². The van der Waals surface area contributed by atoms with Crippen LogP contribution in [0.15, 0.2) is 54.6 Å². The summed E-state index contributed by atoms with van der Waals surface area (Å²) >= 11 is 0. The van der Waals surface area contributed by atoms with Crippen LogP contribution in [0.1, 0.15) is 20.7 Å². The number of nitrogens with zero attached hydrogens (tertiary/aromatic N) is 1. The predicted molar refractivity (Wildman–Crippen MR) is 88.2 cm³/mol. The summed E-state index contributed by atoms with van der Waals surface area (Å²) in [6.45, 7) is 0. The van der Waals surface area contributed by atoms with Crippen LogP contribution in [0.2, 0.25) is 0 Å². The smallest absolute Gasteiger partial charge is 0.337 e. The van der Waals surface area contributed by atoms with Crippen LogP contribution in [-0.4, -0.2) is 24.3 Å². The molecule has 5 nitrogen and oxygen atoms in total. The molecule has 114 valence electrons. The number of carbonyl (C=O) groups excluding carboxylic acids is 2. The molecule has 1 aromatic heterocycles. The molecule has 0 aliphatic heterocycles. The fourth-order valence-electron chi connectivity index (χ4n) is 2.27. The van der Waals surface area contributed by atoms with Crippen molar-refractivity contribution in [2.24, 2.45) is 0 Å². The monoisotopic (exact) mass is 306 g/mol. The molecule has 5 heteroatoms. The average molecular weight is 306 g/mol. The summed E-state index contributed by atoms with van der Waals surface area (Å²) in [4.78, 5) is 27.2. The molecule has 2 aromatic carbocycles. The van der Waals surface area contributed by atoms with Crippen LogP contribution in [0.25, 0.3) is 10.9 Å². The Balaban J connectivity index is 1.94. The maximum atomic E-state index is 11.4. The van der Waals surface area contributed by atoms with Gasteiger partial charge in [0.1, 0.15) is 5.82 Å². The van der Waals surface area contributed by atoms with E-state index in [9.17, 15) is 9.59 Å². The molecule has 1 heterocycles. The summed E-state index contributed by atoms with van der Waals surface area (Å²) in [6.07, 6.45) is 0.768. The van der Waals surface area contributed by atoms with Crippen molar-refractivity contribution in [3.05, 3.63) is 65.7 Å². The Hall–Kier alpha value is -3.21. The van der Waals surface area contributed by atoms with Crippen LogP contribution in [0.4, 0.5) is 11.5 Å². The van der Waals surface area contributed by atoms with Gasteiger partial charge >= 0.3 is 5.97 Å². The number of para-hydroxylation sites is 1. The number of benzene rings is 2. The molecule has 0 bridgehead atoms. The Morgan fingerprint density at radius 1 is 1.13 bits per heavy atom. The highest BCUT2D eigenvalue weighted by atomic mass is 16.5. The van der Waals surface area contributed by atoms with Gasteiger partial charge < -0.3 is 10.1 Å². The Bertz CT molecular complexity index is 873. The van der Waals surface area contributed by atoms with Crippen LogP contribution < -0.4 is 5.32 Å². The highest BCUT2D eigenvalue weighted by molar-refractivity contribution is 5.93. The Kier molecular flexibility index (Phi) is 4.01. The number of methoxy groups -OCH3 is 1. The Labute approximate surface area is 132 Å². The summed E-state index contributed by atoms with van der Waals surface area (Å²) in [6, 6.07) is 16.1. The quantitative estimate of drug-likeness (QED) is 0.589. The number of esters is 1. The Morgan fingerprint density at radius 2 is 1.87 bits per heavy atom. The van der Waals surface area contributed by atoms with Crippen LogP contribution in [0.3, 0.4) is 0 Å². The SMILES string of the molecule is COC(=O)c1ccc(Nc2nc3ccccc3cc2C=O)cc1. The summed E-state index contributed by atoms with van der Waals surface area (Å²) in [5.41, 5.74) is 2.45. The van der Waals surface area contributed by atoms with Gasteiger partial charge in [0.05, 0.1) is 23.8 Å². The lowest BCUT2D eigenvalue weighted by atomic mass is 10.1. The van der Waals surface area contributed by atoms with Gasteiger partial charge in [-0.05, 0) is 36.4 Å². The molecule has 0 saturated heterocycles. The number of ether oxygens (including phenoxy) is 1. The van der Waals surface area contributed by atoms with Crippen LogP contribution in [0.5, 0.6) is 0 Å². The largest absolute Gasteiger partial charge is 0.465 e. The standard InChI is InChI=1S/C18H14N2O3/c1-23-18(22)12-6-8-15(9-7-12)19-17-14(11-21)10-13-4-2-3-5-16(13)20-17/h2-11H,1H3,(H,19,20). The molecular weight excluding hydrogens is 292 g/mol. The first-order valence-corrected chi connectivity index (χ1v) is 7.01. The van der Waals surface area contributed by atoms with Gasteiger partial charge in [0.2, 0.25) is 0 Å². The van der Waals surface area contributed by atoms with Crippen molar-refractivity contribution in [1.29, 1.82) is 0 Å². The fraction of sp³-hybridized carbons (Fsp3) is 0.0556. The first-order chi connectivity index (χ1) is 11.2. The second-order valence-electron chi connectivity index (χ2n) is 4.93. The zero-order valence-electron chi connectivity index (χ0n) is 12.4. The highest BCUT2D eigenvalue weighted by Gasteiger charge is 2.08. The van der Waals surface area contributed by atoms with Gasteiger partial charge in [-0.1, -0.05) is 18.2 Å². The molecule has 0 radical (unpaired) electrons. The van der Waals surface area contributed by atoms with Crippen molar-refractivity contribution in [1.82, 2.24) is 4.98 Å². The molecule has 0 fully saturated rings.